The van der Waals surface area contributed by atoms with Crippen molar-refractivity contribution < 1.29 is 4.74 Å². The maximum Gasteiger partial charge on any atom is 0.0805 e. The van der Waals surface area contributed by atoms with Gasteiger partial charge < -0.3 is 15.0 Å². The first-order valence-electron chi connectivity index (χ1n) is 6.23. The number of likely N-dealkylation sites (tertiary alicyclic amines) is 1. The summed E-state index contributed by atoms with van der Waals surface area (Å²) in [5.74, 6) is 0. The second-order valence-electron chi connectivity index (χ2n) is 5.08. The normalized spacial score (nSPS) is 27.6. The molecule has 2 aliphatic rings. The van der Waals surface area contributed by atoms with Gasteiger partial charge in [-0.25, -0.2) is 0 Å². The van der Waals surface area contributed by atoms with E-state index in [0.717, 1.165) is 12.6 Å². The van der Waals surface area contributed by atoms with Gasteiger partial charge in [0.05, 0.1) is 5.60 Å². The number of ether oxygens (including phenoxy) is 1. The molecule has 0 aromatic heterocycles. The summed E-state index contributed by atoms with van der Waals surface area (Å²) >= 11 is 0. The zero-order valence-corrected chi connectivity index (χ0v) is 10.1. The van der Waals surface area contributed by atoms with Crippen LogP contribution in [0.25, 0.3) is 0 Å². The smallest absolute Gasteiger partial charge is 0.0805 e. The Balaban J connectivity index is 1.76. The number of hydrogen-bond donors (Lipinski definition) is 1. The standard InChI is InChI=1S/C12H24N2O/c1-13-11-4-8-14(9-5-11)10-12(15-2)6-3-7-12/h11,13H,3-10H2,1-2H3. The molecule has 15 heavy (non-hydrogen) atoms. The summed E-state index contributed by atoms with van der Waals surface area (Å²) in [4.78, 5) is 2.58. The van der Waals surface area contributed by atoms with Crippen LogP contribution in [0.15, 0.2) is 0 Å². The van der Waals surface area contributed by atoms with Crippen LogP contribution >= 0.6 is 0 Å². The largest absolute Gasteiger partial charge is 0.377 e. The Hall–Kier alpha value is -0.120. The van der Waals surface area contributed by atoms with Crippen LogP contribution in [0.1, 0.15) is 32.1 Å². The highest BCUT2D eigenvalue weighted by molar-refractivity contribution is 4.93. The molecule has 0 unspecified atom stereocenters. The van der Waals surface area contributed by atoms with E-state index in [-0.39, 0.29) is 5.60 Å². The molecule has 1 aliphatic carbocycles. The van der Waals surface area contributed by atoms with E-state index < -0.39 is 0 Å². The Morgan fingerprint density at radius 2 is 2.00 bits per heavy atom. The van der Waals surface area contributed by atoms with E-state index >= 15 is 0 Å². The number of nitrogens with one attached hydrogen (secondary N) is 1. The van der Waals surface area contributed by atoms with Gasteiger partial charge in [0.1, 0.15) is 0 Å². The van der Waals surface area contributed by atoms with E-state index in [4.69, 9.17) is 4.74 Å². The Kier molecular flexibility index (Phi) is 3.65. The fraction of sp³-hybridized carbons (Fsp3) is 1.00. The first-order chi connectivity index (χ1) is 7.28. The molecule has 88 valence electrons. The lowest BCUT2D eigenvalue weighted by molar-refractivity contribution is -0.0940. The lowest BCUT2D eigenvalue weighted by atomic mass is 9.79. The fourth-order valence-corrected chi connectivity index (χ4v) is 2.79. The monoisotopic (exact) mass is 212 g/mol. The van der Waals surface area contributed by atoms with E-state index in [9.17, 15) is 0 Å². The van der Waals surface area contributed by atoms with Gasteiger partial charge >= 0.3 is 0 Å². The summed E-state index contributed by atoms with van der Waals surface area (Å²) in [5, 5.41) is 3.37. The summed E-state index contributed by atoms with van der Waals surface area (Å²) < 4.78 is 5.67. The van der Waals surface area contributed by atoms with Crippen LogP contribution in [-0.2, 0) is 4.74 Å². The van der Waals surface area contributed by atoms with Crippen molar-refractivity contribution in [3.05, 3.63) is 0 Å². The molecular formula is C12H24N2O. The van der Waals surface area contributed by atoms with Crippen LogP contribution in [0.2, 0.25) is 0 Å². The highest BCUT2D eigenvalue weighted by Gasteiger charge is 2.39. The van der Waals surface area contributed by atoms with Crippen LogP contribution < -0.4 is 5.32 Å². The Morgan fingerprint density at radius 1 is 1.33 bits per heavy atom. The van der Waals surface area contributed by atoms with Crippen molar-refractivity contribution in [2.24, 2.45) is 0 Å². The predicted octanol–water partition coefficient (Wildman–Crippen LogP) is 1.24. The summed E-state index contributed by atoms with van der Waals surface area (Å²) in [6, 6.07) is 0.737. The molecule has 1 saturated carbocycles. The molecule has 3 heteroatoms. The highest BCUT2D eigenvalue weighted by atomic mass is 16.5. The summed E-state index contributed by atoms with van der Waals surface area (Å²) in [5.41, 5.74) is 0.215. The molecule has 3 nitrogen and oxygen atoms in total. The second-order valence-corrected chi connectivity index (χ2v) is 5.08. The van der Waals surface area contributed by atoms with Gasteiger partial charge in [-0.3, -0.25) is 0 Å². The summed E-state index contributed by atoms with van der Waals surface area (Å²) in [6.07, 6.45) is 6.44. The predicted molar refractivity (Wildman–Crippen MR) is 62.1 cm³/mol. The van der Waals surface area contributed by atoms with Gasteiger partial charge in [-0.1, -0.05) is 0 Å². The van der Waals surface area contributed by atoms with Gasteiger partial charge in [0.15, 0.2) is 0 Å². The second kappa shape index (κ2) is 4.81. The van der Waals surface area contributed by atoms with E-state index in [1.54, 1.807) is 0 Å². The molecule has 1 N–H and O–H groups in total. The third kappa shape index (κ3) is 2.52. The molecule has 1 heterocycles. The van der Waals surface area contributed by atoms with Gasteiger partial charge in [0.2, 0.25) is 0 Å². The molecule has 0 amide bonds. The summed E-state index contributed by atoms with van der Waals surface area (Å²) in [7, 11) is 3.95. The molecule has 0 aromatic carbocycles. The van der Waals surface area contributed by atoms with Crippen LogP contribution in [0.5, 0.6) is 0 Å². The highest BCUT2D eigenvalue weighted by Crippen LogP contribution is 2.36. The van der Waals surface area contributed by atoms with E-state index in [1.165, 1.54) is 45.2 Å². The fourth-order valence-electron chi connectivity index (χ4n) is 2.79. The number of methoxy groups -OCH3 is 1. The van der Waals surface area contributed by atoms with Crippen LogP contribution in [0.4, 0.5) is 0 Å². The lowest BCUT2D eigenvalue weighted by Gasteiger charge is -2.45. The molecule has 1 saturated heterocycles. The van der Waals surface area contributed by atoms with Gasteiger partial charge in [-0.05, 0) is 52.2 Å². The van der Waals surface area contributed by atoms with Crippen LogP contribution in [-0.4, -0.2) is 50.3 Å². The maximum atomic E-state index is 5.67. The third-order valence-electron chi connectivity index (χ3n) is 4.21. The molecule has 0 bridgehead atoms. The van der Waals surface area contributed by atoms with Crippen molar-refractivity contribution in [3.8, 4) is 0 Å². The van der Waals surface area contributed by atoms with Crippen molar-refractivity contribution in [3.63, 3.8) is 0 Å². The Bertz CT molecular complexity index is 190. The first kappa shape index (κ1) is 11.4. The van der Waals surface area contributed by atoms with E-state index in [0.29, 0.717) is 0 Å². The van der Waals surface area contributed by atoms with Crippen LogP contribution in [0, 0.1) is 0 Å². The quantitative estimate of drug-likeness (QED) is 0.759. The molecule has 0 aromatic rings. The van der Waals surface area contributed by atoms with Crippen LogP contribution in [0.3, 0.4) is 0 Å². The zero-order chi connectivity index (χ0) is 10.7. The van der Waals surface area contributed by atoms with Gasteiger partial charge in [0, 0.05) is 19.7 Å². The molecular weight excluding hydrogens is 188 g/mol. The maximum absolute atomic E-state index is 5.67. The van der Waals surface area contributed by atoms with Gasteiger partial charge in [-0.15, -0.1) is 0 Å². The molecule has 0 spiro atoms. The third-order valence-corrected chi connectivity index (χ3v) is 4.21. The lowest BCUT2D eigenvalue weighted by Crippen LogP contribution is -2.52. The molecule has 2 rings (SSSR count). The Labute approximate surface area is 93.2 Å². The Morgan fingerprint density at radius 3 is 2.40 bits per heavy atom. The first-order valence-corrected chi connectivity index (χ1v) is 6.23. The zero-order valence-electron chi connectivity index (χ0n) is 10.1. The van der Waals surface area contributed by atoms with Crippen molar-refractivity contribution in [1.82, 2.24) is 10.2 Å². The number of nitrogens with zero attached hydrogens (tertiary/aromatic N) is 1. The van der Waals surface area contributed by atoms with E-state index in [1.807, 2.05) is 7.11 Å². The average molecular weight is 212 g/mol. The van der Waals surface area contributed by atoms with Gasteiger partial charge in [0.25, 0.3) is 0 Å². The van der Waals surface area contributed by atoms with Crippen molar-refractivity contribution in [1.29, 1.82) is 0 Å². The molecule has 0 radical (unpaired) electrons. The minimum atomic E-state index is 0.215. The molecule has 2 fully saturated rings. The minimum Gasteiger partial charge on any atom is -0.377 e. The van der Waals surface area contributed by atoms with Crippen molar-refractivity contribution >= 4 is 0 Å². The topological polar surface area (TPSA) is 24.5 Å². The van der Waals surface area contributed by atoms with Crippen molar-refractivity contribution in [2.75, 3.05) is 33.8 Å². The summed E-state index contributed by atoms with van der Waals surface area (Å²) in [6.45, 7) is 3.62. The SMILES string of the molecule is CNC1CCN(CC2(OC)CCC2)CC1. The molecule has 1 aliphatic heterocycles. The van der Waals surface area contributed by atoms with Gasteiger partial charge in [-0.2, -0.15) is 0 Å². The average Bonchev–Trinajstić information content (AvgIpc) is 2.24. The van der Waals surface area contributed by atoms with Crippen molar-refractivity contribution in [2.45, 2.75) is 43.7 Å². The number of rotatable bonds is 4. The number of piperidine rings is 1. The molecule has 0 atom stereocenters. The minimum absolute atomic E-state index is 0.215. The number of hydrogen-bond acceptors (Lipinski definition) is 3. The van der Waals surface area contributed by atoms with E-state index in [2.05, 4.69) is 17.3 Å².